The molecule has 0 aliphatic carbocycles. The standard InChI is InChI=1S/C40H40FN7O8S/c1-45-37-28-10-7-19-46(29(28)14-15-30(37)48(40(45)53)31-16-17-34(50)43-39(31)52)18-6-5-11-33(49)42-26-12-13-27-25(20-26)21-32(56-23-24-8-3-2-4-9-24)38(36(27)41)47-22-35(51)44-57(47,54)55/h2-4,8-9,12-15,20-21,31H,5-7,10-11,16-19,22-23H2,1H3,(H,42,49)(H,44,51)(H,43,50,52). The number of rotatable bonds is 11. The number of amides is 4. The van der Waals surface area contributed by atoms with E-state index in [2.05, 4.69) is 15.5 Å². The molecular formula is C40H40FN7O8S. The van der Waals surface area contributed by atoms with Crippen LogP contribution in [0, 0.1) is 5.82 Å². The smallest absolute Gasteiger partial charge is 0.329 e. The number of hydrogen-bond acceptors (Lipinski definition) is 9. The van der Waals surface area contributed by atoms with Gasteiger partial charge in [0.2, 0.25) is 17.7 Å². The van der Waals surface area contributed by atoms with Gasteiger partial charge >= 0.3 is 15.9 Å². The zero-order valence-corrected chi connectivity index (χ0v) is 31.9. The SMILES string of the molecule is Cn1c(=O)n(C2CCC(=O)NC2=O)c2ccc3c(c21)CCCN3CCCCC(=O)Nc1ccc2c(F)c(N3CC(=O)NS3(=O)=O)c(OCc3ccccc3)cc2c1. The lowest BCUT2D eigenvalue weighted by Crippen LogP contribution is -2.44. The summed E-state index contributed by atoms with van der Waals surface area (Å²) in [6.07, 6.45) is 3.61. The van der Waals surface area contributed by atoms with Gasteiger partial charge < -0.3 is 15.0 Å². The Bertz CT molecular complexity index is 2640. The third kappa shape index (κ3) is 7.18. The number of aryl methyl sites for hydroxylation is 2. The minimum absolute atomic E-state index is 0.00950. The molecule has 4 aromatic carbocycles. The Balaban J connectivity index is 0.943. The molecule has 3 N–H and O–H groups in total. The Morgan fingerprint density at radius 3 is 2.54 bits per heavy atom. The molecule has 0 spiro atoms. The van der Waals surface area contributed by atoms with Crippen molar-refractivity contribution in [2.24, 2.45) is 7.05 Å². The summed E-state index contributed by atoms with van der Waals surface area (Å²) in [6, 6.07) is 18.2. The summed E-state index contributed by atoms with van der Waals surface area (Å²) >= 11 is 0. The second kappa shape index (κ2) is 15.0. The van der Waals surface area contributed by atoms with Gasteiger partial charge in [-0.05, 0) is 79.5 Å². The van der Waals surface area contributed by atoms with Crippen molar-refractivity contribution in [2.45, 2.75) is 57.6 Å². The number of halogens is 1. The first-order valence-electron chi connectivity index (χ1n) is 18.8. The molecule has 57 heavy (non-hydrogen) atoms. The van der Waals surface area contributed by atoms with Crippen LogP contribution < -0.4 is 35.0 Å². The quantitative estimate of drug-likeness (QED) is 0.132. The molecule has 0 saturated carbocycles. The predicted molar refractivity (Wildman–Crippen MR) is 211 cm³/mol. The topological polar surface area (TPSA) is 181 Å². The number of nitrogens with zero attached hydrogens (tertiary/aromatic N) is 4. The van der Waals surface area contributed by atoms with Gasteiger partial charge in [-0.25, -0.2) is 18.2 Å². The third-order valence-corrected chi connectivity index (χ3v) is 12.1. The van der Waals surface area contributed by atoms with Gasteiger partial charge in [-0.1, -0.05) is 30.3 Å². The zero-order chi connectivity index (χ0) is 40.0. The number of nitrogens with one attached hydrogen (secondary N) is 3. The molecule has 1 unspecified atom stereocenters. The Kier molecular flexibility index (Phi) is 9.93. The largest absolute Gasteiger partial charge is 0.487 e. The number of benzene rings is 4. The van der Waals surface area contributed by atoms with Gasteiger partial charge in [0.05, 0.1) is 11.0 Å². The molecular weight excluding hydrogens is 758 g/mol. The fraction of sp³-hybridized carbons (Fsp3) is 0.325. The molecule has 3 aliphatic rings. The molecule has 1 aromatic heterocycles. The summed E-state index contributed by atoms with van der Waals surface area (Å²) in [4.78, 5) is 65.2. The number of carbonyl (C=O) groups excluding carboxylic acids is 4. The van der Waals surface area contributed by atoms with Crippen molar-refractivity contribution in [1.82, 2.24) is 19.2 Å². The van der Waals surface area contributed by atoms with Gasteiger partial charge in [0, 0.05) is 55.3 Å². The van der Waals surface area contributed by atoms with Gasteiger partial charge in [-0.15, -0.1) is 0 Å². The van der Waals surface area contributed by atoms with Crippen LogP contribution in [0.3, 0.4) is 0 Å². The second-order valence-corrected chi connectivity index (χ2v) is 16.1. The van der Waals surface area contributed by atoms with E-state index in [-0.39, 0.29) is 60.2 Å². The van der Waals surface area contributed by atoms with Crippen LogP contribution in [0.2, 0.25) is 0 Å². The second-order valence-electron chi connectivity index (χ2n) is 14.5. The van der Waals surface area contributed by atoms with E-state index in [1.165, 1.54) is 22.8 Å². The predicted octanol–water partition coefficient (Wildman–Crippen LogP) is 3.93. The average Bonchev–Trinajstić information content (AvgIpc) is 3.61. The Labute approximate surface area is 326 Å². The molecule has 2 fully saturated rings. The maximum atomic E-state index is 16.2. The molecule has 4 amide bonds. The number of fused-ring (bicyclic) bond motifs is 4. The summed E-state index contributed by atoms with van der Waals surface area (Å²) in [5.41, 5.74) is 3.98. The van der Waals surface area contributed by atoms with E-state index in [4.69, 9.17) is 4.74 Å². The van der Waals surface area contributed by atoms with Crippen LogP contribution in [0.4, 0.5) is 21.5 Å². The molecule has 296 valence electrons. The van der Waals surface area contributed by atoms with E-state index in [1.807, 2.05) is 35.1 Å². The van der Waals surface area contributed by atoms with E-state index < -0.39 is 40.4 Å². The van der Waals surface area contributed by atoms with Crippen LogP contribution in [-0.4, -0.2) is 60.8 Å². The Hall–Kier alpha value is -6.23. The Morgan fingerprint density at radius 2 is 1.79 bits per heavy atom. The summed E-state index contributed by atoms with van der Waals surface area (Å²) in [5, 5.41) is 5.67. The number of piperidine rings is 1. The number of anilines is 3. The minimum Gasteiger partial charge on any atom is -0.487 e. The summed E-state index contributed by atoms with van der Waals surface area (Å²) in [5.74, 6) is -2.81. The average molecular weight is 798 g/mol. The van der Waals surface area contributed by atoms with Gasteiger partial charge in [0.1, 0.15) is 30.6 Å². The first kappa shape index (κ1) is 37.7. The number of hydrogen-bond donors (Lipinski definition) is 3. The van der Waals surface area contributed by atoms with E-state index in [1.54, 1.807) is 29.8 Å². The third-order valence-electron chi connectivity index (χ3n) is 10.7. The molecule has 3 aliphatic heterocycles. The van der Waals surface area contributed by atoms with Crippen LogP contribution in [0.15, 0.2) is 71.5 Å². The highest BCUT2D eigenvalue weighted by molar-refractivity contribution is 7.92. The van der Waals surface area contributed by atoms with E-state index in [0.29, 0.717) is 40.3 Å². The highest BCUT2D eigenvalue weighted by Gasteiger charge is 2.38. The van der Waals surface area contributed by atoms with Gasteiger partial charge in [-0.3, -0.25) is 33.6 Å². The summed E-state index contributed by atoms with van der Waals surface area (Å²) in [7, 11) is -2.64. The molecule has 1 atom stereocenters. The molecule has 15 nitrogen and oxygen atoms in total. The lowest BCUT2D eigenvalue weighted by Gasteiger charge is -2.32. The first-order valence-corrected chi connectivity index (χ1v) is 20.2. The van der Waals surface area contributed by atoms with Crippen molar-refractivity contribution in [1.29, 1.82) is 0 Å². The fourth-order valence-electron chi connectivity index (χ4n) is 8.05. The number of ether oxygens (including phenoxy) is 1. The monoisotopic (exact) mass is 797 g/mol. The molecule has 2 saturated heterocycles. The Morgan fingerprint density at radius 1 is 0.982 bits per heavy atom. The van der Waals surface area contributed by atoms with Crippen LogP contribution >= 0.6 is 0 Å². The van der Waals surface area contributed by atoms with E-state index in [0.717, 1.165) is 41.7 Å². The van der Waals surface area contributed by atoms with Crippen LogP contribution in [0.25, 0.3) is 21.8 Å². The number of carbonyl (C=O) groups is 4. The van der Waals surface area contributed by atoms with Crippen molar-refractivity contribution in [3.63, 3.8) is 0 Å². The highest BCUT2D eigenvalue weighted by Crippen LogP contribution is 2.40. The van der Waals surface area contributed by atoms with Crippen molar-refractivity contribution >= 4 is 72.7 Å². The molecule has 5 aromatic rings. The first-order chi connectivity index (χ1) is 27.4. The van der Waals surface area contributed by atoms with Gasteiger partial charge in [0.25, 0.3) is 5.91 Å². The van der Waals surface area contributed by atoms with Crippen molar-refractivity contribution in [3.05, 3.63) is 94.2 Å². The van der Waals surface area contributed by atoms with Gasteiger partial charge in [0.15, 0.2) is 5.82 Å². The molecule has 0 bridgehead atoms. The fourth-order valence-corrected chi connectivity index (χ4v) is 9.21. The number of aromatic nitrogens is 2. The van der Waals surface area contributed by atoms with E-state index in [9.17, 15) is 32.4 Å². The lowest BCUT2D eigenvalue weighted by molar-refractivity contribution is -0.135. The molecule has 4 heterocycles. The minimum atomic E-state index is -4.34. The van der Waals surface area contributed by atoms with Crippen LogP contribution in [0.1, 0.15) is 55.7 Å². The molecule has 0 radical (unpaired) electrons. The van der Waals surface area contributed by atoms with E-state index >= 15 is 4.39 Å². The molecule has 8 rings (SSSR count). The maximum Gasteiger partial charge on any atom is 0.329 e. The van der Waals surface area contributed by atoms with Crippen molar-refractivity contribution in [2.75, 3.05) is 34.2 Å². The van der Waals surface area contributed by atoms with Crippen molar-refractivity contribution in [3.8, 4) is 5.75 Å². The summed E-state index contributed by atoms with van der Waals surface area (Å²) < 4.78 is 53.2. The maximum absolute atomic E-state index is 16.2. The lowest BCUT2D eigenvalue weighted by atomic mass is 9.99. The van der Waals surface area contributed by atoms with Crippen molar-refractivity contribution < 1.29 is 36.7 Å². The summed E-state index contributed by atoms with van der Waals surface area (Å²) in [6.45, 7) is 0.909. The normalized spacial score (nSPS) is 17.8. The van der Waals surface area contributed by atoms with Crippen LogP contribution in [-0.2, 0) is 49.5 Å². The number of imidazole rings is 1. The molecule has 17 heteroatoms. The van der Waals surface area contributed by atoms with Gasteiger partial charge in [-0.2, -0.15) is 8.42 Å². The zero-order valence-electron chi connectivity index (χ0n) is 31.0. The number of imide groups is 1. The highest BCUT2D eigenvalue weighted by atomic mass is 32.2. The number of unbranched alkanes of at least 4 members (excludes halogenated alkanes) is 1. The van der Waals surface area contributed by atoms with Crippen LogP contribution in [0.5, 0.6) is 5.75 Å².